The van der Waals surface area contributed by atoms with E-state index in [1.165, 1.54) is 0 Å². The molecule has 0 aliphatic heterocycles. The van der Waals surface area contributed by atoms with Crippen LogP contribution in [0.4, 0.5) is 5.82 Å². The first-order chi connectivity index (χ1) is 13.6. The monoisotopic (exact) mass is 394 g/mol. The molecule has 0 saturated carbocycles. The van der Waals surface area contributed by atoms with Gasteiger partial charge in [0.05, 0.1) is 5.52 Å². The third-order valence-electron chi connectivity index (χ3n) is 4.09. The maximum Gasteiger partial charge on any atom is 0.185 e. The van der Waals surface area contributed by atoms with Crippen molar-refractivity contribution in [3.8, 4) is 0 Å². The minimum absolute atomic E-state index is 0.131. The van der Waals surface area contributed by atoms with E-state index in [-0.39, 0.29) is 5.96 Å². The maximum atomic E-state index is 5.93. The lowest BCUT2D eigenvalue weighted by molar-refractivity contribution is 0.772. The molecule has 0 aliphatic rings. The predicted molar refractivity (Wildman–Crippen MR) is 118 cm³/mol. The van der Waals surface area contributed by atoms with Gasteiger partial charge in [-0.3, -0.25) is 4.99 Å². The van der Waals surface area contributed by atoms with Gasteiger partial charge in [-0.15, -0.1) is 0 Å². The minimum Gasteiger partial charge on any atom is -0.370 e. The molecule has 3 aromatic rings. The topological polar surface area (TPSA) is 102 Å². The largest absolute Gasteiger partial charge is 0.370 e. The summed E-state index contributed by atoms with van der Waals surface area (Å²) in [6.07, 6.45) is 5.71. The van der Waals surface area contributed by atoms with Crippen LogP contribution in [0.25, 0.3) is 23.1 Å². The van der Waals surface area contributed by atoms with Crippen molar-refractivity contribution < 1.29 is 0 Å². The minimum atomic E-state index is 0.131. The molecular formula is C21H23ClN6. The van der Waals surface area contributed by atoms with Crippen molar-refractivity contribution in [1.29, 1.82) is 0 Å². The summed E-state index contributed by atoms with van der Waals surface area (Å²) >= 11 is 5.93. The zero-order valence-corrected chi connectivity index (χ0v) is 16.2. The average molecular weight is 395 g/mol. The highest BCUT2D eigenvalue weighted by molar-refractivity contribution is 6.30. The number of aliphatic imine (C=N–C) groups is 1. The number of nitrogens with zero attached hydrogens (tertiary/aromatic N) is 3. The number of halogens is 1. The molecule has 0 bridgehead atoms. The van der Waals surface area contributed by atoms with E-state index in [9.17, 15) is 0 Å². The van der Waals surface area contributed by atoms with Gasteiger partial charge in [-0.25, -0.2) is 9.97 Å². The molecule has 28 heavy (non-hydrogen) atoms. The van der Waals surface area contributed by atoms with E-state index in [0.717, 1.165) is 41.7 Å². The summed E-state index contributed by atoms with van der Waals surface area (Å²) in [4.78, 5) is 13.3. The standard InChI is InChI=1S/C21H23ClN6/c22-16-10-7-15(8-11-16)9-12-19-27-18-6-2-1-5-17(18)20(28-19)25-13-3-4-14-26-21(23)24/h1-2,5-12H,3-4,13-14H2,(H4,23,24,26)(H,25,27,28)/b12-9+. The third kappa shape index (κ3) is 5.69. The second-order valence-corrected chi connectivity index (χ2v) is 6.71. The lowest BCUT2D eigenvalue weighted by atomic mass is 10.2. The van der Waals surface area contributed by atoms with Crippen LogP contribution in [-0.4, -0.2) is 29.0 Å². The Bertz CT molecular complexity index is 978. The molecule has 1 aromatic heterocycles. The fraction of sp³-hybridized carbons (Fsp3) is 0.190. The predicted octanol–water partition coefficient (Wildman–Crippen LogP) is 3.92. The Hall–Kier alpha value is -3.12. The van der Waals surface area contributed by atoms with Crippen molar-refractivity contribution in [3.63, 3.8) is 0 Å². The highest BCUT2D eigenvalue weighted by atomic mass is 35.5. The molecule has 0 spiro atoms. The number of guanidine groups is 1. The van der Waals surface area contributed by atoms with E-state index in [4.69, 9.17) is 23.1 Å². The number of hydrogen-bond donors (Lipinski definition) is 3. The van der Waals surface area contributed by atoms with Gasteiger partial charge in [0, 0.05) is 23.5 Å². The number of unbranched alkanes of at least 4 members (excludes halogenated alkanes) is 1. The summed E-state index contributed by atoms with van der Waals surface area (Å²) < 4.78 is 0. The molecule has 0 unspecified atom stereocenters. The van der Waals surface area contributed by atoms with E-state index in [1.807, 2.05) is 60.7 Å². The molecule has 6 nitrogen and oxygen atoms in total. The quantitative estimate of drug-likeness (QED) is 0.305. The van der Waals surface area contributed by atoms with E-state index < -0.39 is 0 Å². The summed E-state index contributed by atoms with van der Waals surface area (Å²) in [7, 11) is 0. The molecule has 2 aromatic carbocycles. The lowest BCUT2D eigenvalue weighted by Crippen LogP contribution is -2.23. The van der Waals surface area contributed by atoms with Crippen LogP contribution in [0, 0.1) is 0 Å². The van der Waals surface area contributed by atoms with Crippen molar-refractivity contribution in [3.05, 3.63) is 64.9 Å². The summed E-state index contributed by atoms with van der Waals surface area (Å²) in [6.45, 7) is 1.41. The highest BCUT2D eigenvalue weighted by Gasteiger charge is 2.05. The molecule has 0 amide bonds. The Morgan fingerprint density at radius 3 is 2.57 bits per heavy atom. The molecule has 0 aliphatic carbocycles. The number of nitrogens with one attached hydrogen (secondary N) is 1. The van der Waals surface area contributed by atoms with Crippen molar-refractivity contribution in [2.45, 2.75) is 12.8 Å². The van der Waals surface area contributed by atoms with E-state index in [2.05, 4.69) is 20.3 Å². The zero-order valence-electron chi connectivity index (χ0n) is 15.5. The van der Waals surface area contributed by atoms with Gasteiger partial charge in [-0.05, 0) is 48.7 Å². The number of rotatable bonds is 8. The average Bonchev–Trinajstić information content (AvgIpc) is 2.70. The Balaban J connectivity index is 1.73. The van der Waals surface area contributed by atoms with Crippen LogP contribution < -0.4 is 16.8 Å². The molecular weight excluding hydrogens is 372 g/mol. The fourth-order valence-electron chi connectivity index (χ4n) is 2.70. The van der Waals surface area contributed by atoms with Crippen molar-refractivity contribution >= 4 is 46.4 Å². The van der Waals surface area contributed by atoms with Gasteiger partial charge in [-0.2, -0.15) is 0 Å². The number of aromatic nitrogens is 2. The summed E-state index contributed by atoms with van der Waals surface area (Å²) in [5.74, 6) is 1.60. The number of hydrogen-bond acceptors (Lipinski definition) is 4. The van der Waals surface area contributed by atoms with Crippen LogP contribution >= 0.6 is 11.6 Å². The molecule has 7 heteroatoms. The molecule has 3 rings (SSSR count). The Labute approximate surface area is 169 Å². The molecule has 0 fully saturated rings. The Morgan fingerprint density at radius 2 is 1.79 bits per heavy atom. The molecule has 0 radical (unpaired) electrons. The van der Waals surface area contributed by atoms with Gasteiger partial charge in [0.15, 0.2) is 11.8 Å². The van der Waals surface area contributed by atoms with E-state index in [1.54, 1.807) is 0 Å². The molecule has 5 N–H and O–H groups in total. The van der Waals surface area contributed by atoms with E-state index in [0.29, 0.717) is 17.4 Å². The Kier molecular flexibility index (Phi) is 6.81. The van der Waals surface area contributed by atoms with Crippen LogP contribution in [-0.2, 0) is 0 Å². The molecule has 0 atom stereocenters. The SMILES string of the molecule is NC(N)=NCCCCNc1nc(/C=C/c2ccc(Cl)cc2)nc2ccccc12. The number of para-hydroxylation sites is 1. The molecule has 144 valence electrons. The number of anilines is 1. The second-order valence-electron chi connectivity index (χ2n) is 6.27. The van der Waals surface area contributed by atoms with Crippen LogP contribution in [0.5, 0.6) is 0 Å². The van der Waals surface area contributed by atoms with Crippen molar-refractivity contribution in [2.75, 3.05) is 18.4 Å². The van der Waals surface area contributed by atoms with Gasteiger partial charge >= 0.3 is 0 Å². The normalized spacial score (nSPS) is 11.0. The summed E-state index contributed by atoms with van der Waals surface area (Å²) in [6, 6.07) is 15.6. The van der Waals surface area contributed by atoms with Gasteiger partial charge in [-0.1, -0.05) is 41.9 Å². The molecule has 0 saturated heterocycles. The fourth-order valence-corrected chi connectivity index (χ4v) is 2.83. The Morgan fingerprint density at radius 1 is 1.00 bits per heavy atom. The van der Waals surface area contributed by atoms with Gasteiger partial charge < -0.3 is 16.8 Å². The van der Waals surface area contributed by atoms with Crippen LogP contribution in [0.15, 0.2) is 53.5 Å². The van der Waals surface area contributed by atoms with Crippen molar-refractivity contribution in [2.24, 2.45) is 16.5 Å². The lowest BCUT2D eigenvalue weighted by Gasteiger charge is -2.09. The molecule has 1 heterocycles. The van der Waals surface area contributed by atoms with Gasteiger partial charge in [0.1, 0.15) is 5.82 Å². The van der Waals surface area contributed by atoms with E-state index >= 15 is 0 Å². The highest BCUT2D eigenvalue weighted by Crippen LogP contribution is 2.21. The third-order valence-corrected chi connectivity index (χ3v) is 4.34. The first-order valence-corrected chi connectivity index (χ1v) is 9.49. The van der Waals surface area contributed by atoms with Crippen LogP contribution in [0.1, 0.15) is 24.2 Å². The van der Waals surface area contributed by atoms with Gasteiger partial charge in [0.25, 0.3) is 0 Å². The second kappa shape index (κ2) is 9.71. The smallest absolute Gasteiger partial charge is 0.185 e. The van der Waals surface area contributed by atoms with Gasteiger partial charge in [0.2, 0.25) is 0 Å². The number of fused-ring (bicyclic) bond motifs is 1. The van der Waals surface area contributed by atoms with Crippen LogP contribution in [0.3, 0.4) is 0 Å². The van der Waals surface area contributed by atoms with Crippen molar-refractivity contribution in [1.82, 2.24) is 9.97 Å². The zero-order chi connectivity index (χ0) is 19.8. The maximum absolute atomic E-state index is 5.93. The summed E-state index contributed by atoms with van der Waals surface area (Å²) in [5.41, 5.74) is 12.6. The first kappa shape index (κ1) is 19.6. The first-order valence-electron chi connectivity index (χ1n) is 9.11. The van der Waals surface area contributed by atoms with Crippen LogP contribution in [0.2, 0.25) is 5.02 Å². The number of nitrogens with two attached hydrogens (primary N) is 2. The number of benzene rings is 2. The summed E-state index contributed by atoms with van der Waals surface area (Å²) in [5, 5.41) is 5.12.